The molecule has 0 aliphatic heterocycles. The summed E-state index contributed by atoms with van der Waals surface area (Å²) in [6, 6.07) is 19.5. The fourth-order valence-corrected chi connectivity index (χ4v) is 3.94. The summed E-state index contributed by atoms with van der Waals surface area (Å²) in [7, 11) is 0. The number of carbonyl (C=O) groups is 1. The maximum atomic E-state index is 12.9. The molecule has 40 heavy (non-hydrogen) atoms. The molecule has 14 heteroatoms. The molecule has 0 unspecified atom stereocenters. The fraction of sp³-hybridized carbons (Fsp3) is 0.0385. The molecule has 0 aliphatic rings. The molecule has 0 fully saturated rings. The normalized spacial score (nSPS) is 11.1. The number of ether oxygens (including phenoxy) is 1. The van der Waals surface area contributed by atoms with Gasteiger partial charge < -0.3 is 4.74 Å². The number of aromatic amines is 1. The number of amides is 1. The van der Waals surface area contributed by atoms with Crippen LogP contribution < -0.4 is 10.2 Å². The Kier molecular flexibility index (Phi) is 7.53. The number of nitro groups is 1. The third kappa shape index (κ3) is 5.67. The SMILES string of the molecule is Cc1c(C(=O)N/N=C/c2c(Oc3ccc(Cl)cc3)n[nH]c2-c2ccc(Cl)cc2)nnn1-c1ccc([N+](=O)[O-])cc1. The second-order valence-corrected chi connectivity index (χ2v) is 9.16. The number of rotatable bonds is 8. The Morgan fingerprint density at radius 2 is 1.70 bits per heavy atom. The number of halogens is 2. The lowest BCUT2D eigenvalue weighted by Gasteiger charge is -2.05. The van der Waals surface area contributed by atoms with Gasteiger partial charge in [0.05, 0.1) is 33.8 Å². The summed E-state index contributed by atoms with van der Waals surface area (Å²) in [4.78, 5) is 23.3. The van der Waals surface area contributed by atoms with E-state index < -0.39 is 10.8 Å². The largest absolute Gasteiger partial charge is 0.437 e. The van der Waals surface area contributed by atoms with Crippen LogP contribution in [0, 0.1) is 17.0 Å². The average Bonchev–Trinajstić information content (AvgIpc) is 3.53. The lowest BCUT2D eigenvalue weighted by atomic mass is 10.1. The van der Waals surface area contributed by atoms with Crippen molar-refractivity contribution >= 4 is 41.0 Å². The Balaban J connectivity index is 1.38. The van der Waals surface area contributed by atoms with Gasteiger partial charge in [0, 0.05) is 27.7 Å². The van der Waals surface area contributed by atoms with Crippen LogP contribution in [0.3, 0.4) is 0 Å². The van der Waals surface area contributed by atoms with Gasteiger partial charge in [0.15, 0.2) is 5.69 Å². The second kappa shape index (κ2) is 11.4. The van der Waals surface area contributed by atoms with Crippen molar-refractivity contribution < 1.29 is 14.5 Å². The van der Waals surface area contributed by atoms with Gasteiger partial charge in [-0.25, -0.2) is 10.1 Å². The Morgan fingerprint density at radius 1 is 1.05 bits per heavy atom. The van der Waals surface area contributed by atoms with E-state index >= 15 is 0 Å². The average molecular weight is 577 g/mol. The number of nitrogens with zero attached hydrogens (tertiary/aromatic N) is 6. The van der Waals surface area contributed by atoms with Gasteiger partial charge in [-0.15, -0.1) is 10.2 Å². The Bertz CT molecular complexity index is 1710. The first-order chi connectivity index (χ1) is 19.3. The van der Waals surface area contributed by atoms with E-state index in [4.69, 9.17) is 27.9 Å². The third-order valence-corrected chi connectivity index (χ3v) is 6.21. The molecular weight excluding hydrogens is 559 g/mol. The lowest BCUT2D eigenvalue weighted by molar-refractivity contribution is -0.384. The first-order valence-corrected chi connectivity index (χ1v) is 12.3. The topological polar surface area (TPSA) is 153 Å². The van der Waals surface area contributed by atoms with Crippen LogP contribution in [0.1, 0.15) is 21.7 Å². The van der Waals surface area contributed by atoms with E-state index in [2.05, 4.69) is 31.0 Å². The molecule has 1 amide bonds. The van der Waals surface area contributed by atoms with Crippen molar-refractivity contribution in [1.82, 2.24) is 30.6 Å². The molecule has 0 atom stereocenters. The van der Waals surface area contributed by atoms with Crippen LogP contribution >= 0.6 is 23.2 Å². The first-order valence-electron chi connectivity index (χ1n) is 11.6. The third-order valence-electron chi connectivity index (χ3n) is 5.70. The zero-order valence-corrected chi connectivity index (χ0v) is 22.1. The van der Waals surface area contributed by atoms with E-state index in [1.165, 1.54) is 35.2 Å². The molecule has 0 saturated heterocycles. The lowest BCUT2D eigenvalue weighted by Crippen LogP contribution is -2.19. The minimum atomic E-state index is -0.612. The Morgan fingerprint density at radius 3 is 2.35 bits per heavy atom. The molecule has 0 spiro atoms. The number of non-ortho nitro benzene ring substituents is 1. The van der Waals surface area contributed by atoms with E-state index in [0.717, 1.165) is 5.56 Å². The summed E-state index contributed by atoms with van der Waals surface area (Å²) in [5.74, 6) is 0.0971. The van der Waals surface area contributed by atoms with Gasteiger partial charge in [-0.05, 0) is 55.5 Å². The van der Waals surface area contributed by atoms with Crippen LogP contribution in [0.4, 0.5) is 5.69 Å². The zero-order chi connectivity index (χ0) is 28.2. The number of aromatic nitrogens is 5. The van der Waals surface area contributed by atoms with E-state index in [9.17, 15) is 14.9 Å². The number of nitro benzene ring substituents is 1. The minimum absolute atomic E-state index is 0.0262. The summed E-state index contributed by atoms with van der Waals surface area (Å²) in [6.07, 6.45) is 1.40. The van der Waals surface area contributed by atoms with Crippen molar-refractivity contribution in [1.29, 1.82) is 0 Å². The Hall–Kier alpha value is -5.07. The number of hydrogen-bond acceptors (Lipinski definition) is 8. The molecule has 5 aromatic rings. The molecule has 200 valence electrons. The van der Waals surface area contributed by atoms with Crippen LogP contribution in [0.2, 0.25) is 10.0 Å². The molecule has 5 rings (SSSR count). The summed E-state index contributed by atoms with van der Waals surface area (Å²) in [5.41, 5.74) is 5.13. The highest BCUT2D eigenvalue weighted by molar-refractivity contribution is 6.30. The number of benzene rings is 3. The molecule has 12 nitrogen and oxygen atoms in total. The van der Waals surface area contributed by atoms with E-state index in [1.54, 1.807) is 55.5 Å². The highest BCUT2D eigenvalue weighted by Crippen LogP contribution is 2.31. The molecule has 2 N–H and O–H groups in total. The van der Waals surface area contributed by atoms with E-state index in [0.29, 0.717) is 38.4 Å². The molecule has 0 radical (unpaired) electrons. The molecule has 2 aromatic heterocycles. The van der Waals surface area contributed by atoms with Crippen molar-refractivity contribution in [3.05, 3.63) is 110 Å². The smallest absolute Gasteiger partial charge is 0.293 e. The number of hydrogen-bond donors (Lipinski definition) is 2. The van der Waals surface area contributed by atoms with Gasteiger partial charge in [0.1, 0.15) is 5.75 Å². The second-order valence-electron chi connectivity index (χ2n) is 8.29. The van der Waals surface area contributed by atoms with Gasteiger partial charge in [-0.1, -0.05) is 40.5 Å². The number of H-pyrrole nitrogens is 1. The highest BCUT2D eigenvalue weighted by Gasteiger charge is 2.19. The van der Waals surface area contributed by atoms with Crippen LogP contribution in [-0.2, 0) is 0 Å². The predicted molar refractivity (Wildman–Crippen MR) is 148 cm³/mol. The summed E-state index contributed by atoms with van der Waals surface area (Å²) in [5, 5.41) is 31.3. The monoisotopic (exact) mass is 576 g/mol. The van der Waals surface area contributed by atoms with Gasteiger partial charge in [0.25, 0.3) is 11.6 Å². The molecule has 3 aromatic carbocycles. The molecule has 0 bridgehead atoms. The van der Waals surface area contributed by atoms with Gasteiger partial charge in [-0.2, -0.15) is 5.10 Å². The summed E-state index contributed by atoms with van der Waals surface area (Å²) in [6.45, 7) is 1.65. The number of carbonyl (C=O) groups excluding carboxylic acids is 1. The molecule has 0 aliphatic carbocycles. The fourth-order valence-electron chi connectivity index (χ4n) is 3.69. The van der Waals surface area contributed by atoms with Crippen LogP contribution in [-0.4, -0.2) is 42.2 Å². The van der Waals surface area contributed by atoms with Crippen molar-refractivity contribution in [3.63, 3.8) is 0 Å². The molecule has 0 saturated carbocycles. The van der Waals surface area contributed by atoms with Gasteiger partial charge in [0.2, 0.25) is 5.88 Å². The quantitative estimate of drug-likeness (QED) is 0.136. The van der Waals surface area contributed by atoms with E-state index in [1.807, 2.05) is 0 Å². The zero-order valence-electron chi connectivity index (χ0n) is 20.6. The maximum absolute atomic E-state index is 12.9. The van der Waals surface area contributed by atoms with Crippen molar-refractivity contribution in [2.45, 2.75) is 6.92 Å². The highest BCUT2D eigenvalue weighted by atomic mass is 35.5. The van der Waals surface area contributed by atoms with E-state index in [-0.39, 0.29) is 17.3 Å². The molecule has 2 heterocycles. The van der Waals surface area contributed by atoms with Crippen LogP contribution in [0.25, 0.3) is 16.9 Å². The minimum Gasteiger partial charge on any atom is -0.437 e. The maximum Gasteiger partial charge on any atom is 0.293 e. The standard InChI is InChI=1S/C26H18Cl2N8O4/c1-15-23(31-34-35(15)19-8-10-20(11-9-19)36(38)39)25(37)32-29-14-22-24(16-2-4-17(27)5-3-16)30-33-26(22)40-21-12-6-18(28)7-13-21/h2-14H,1H3,(H,30,33)(H,32,37)/b29-14+. The van der Waals surface area contributed by atoms with Crippen LogP contribution in [0.15, 0.2) is 77.9 Å². The van der Waals surface area contributed by atoms with Crippen LogP contribution in [0.5, 0.6) is 11.6 Å². The van der Waals surface area contributed by atoms with Gasteiger partial charge in [-0.3, -0.25) is 20.0 Å². The van der Waals surface area contributed by atoms with Gasteiger partial charge >= 0.3 is 0 Å². The Labute approximate surface area is 236 Å². The number of nitrogens with one attached hydrogen (secondary N) is 2. The first kappa shape index (κ1) is 26.5. The van der Waals surface area contributed by atoms with Crippen molar-refractivity contribution in [3.8, 4) is 28.6 Å². The molecular formula is C26H18Cl2N8O4. The summed E-state index contributed by atoms with van der Waals surface area (Å²) < 4.78 is 7.33. The van der Waals surface area contributed by atoms with Crippen molar-refractivity contribution in [2.75, 3.05) is 0 Å². The van der Waals surface area contributed by atoms with Crippen molar-refractivity contribution in [2.24, 2.45) is 5.10 Å². The number of hydrazone groups is 1. The summed E-state index contributed by atoms with van der Waals surface area (Å²) >= 11 is 12.0. The predicted octanol–water partition coefficient (Wildman–Crippen LogP) is 5.74.